The number of amides is 3. The molecule has 0 aromatic heterocycles. The van der Waals surface area contributed by atoms with E-state index in [1.807, 2.05) is 10.4 Å². The maximum atomic E-state index is 11.2. The van der Waals surface area contributed by atoms with Crippen molar-refractivity contribution in [3.8, 4) is 0 Å². The number of nitrogens with one attached hydrogen (secondary N) is 2. The molecule has 0 heterocycles. The smallest absolute Gasteiger partial charge is 0.296 e. The zero-order valence-electron chi connectivity index (χ0n) is 7.49. The van der Waals surface area contributed by atoms with Crippen molar-refractivity contribution in [1.29, 1.82) is 0 Å². The molecule has 0 atom stereocenters. The van der Waals surface area contributed by atoms with E-state index in [0.29, 0.717) is 0 Å². The Morgan fingerprint density at radius 2 is 1.69 bits per heavy atom. The van der Waals surface area contributed by atoms with E-state index in [2.05, 4.69) is 9.05 Å². The van der Waals surface area contributed by atoms with Gasteiger partial charge in [-0.05, 0) is 0 Å². The first kappa shape index (κ1) is 12.1. The van der Waals surface area contributed by atoms with Crippen LogP contribution in [0.1, 0.15) is 6.92 Å². The summed E-state index contributed by atoms with van der Waals surface area (Å²) < 4.78 is 20.0. The van der Waals surface area contributed by atoms with Crippen molar-refractivity contribution in [2.45, 2.75) is 6.92 Å². The van der Waals surface area contributed by atoms with E-state index in [0.717, 1.165) is 21.1 Å². The van der Waals surface area contributed by atoms with Crippen LogP contribution in [-0.4, -0.2) is 26.2 Å². The zero-order chi connectivity index (χ0) is 10.5. The van der Waals surface area contributed by atoms with Gasteiger partial charge >= 0.3 is 13.8 Å². The van der Waals surface area contributed by atoms with Gasteiger partial charge < -0.3 is 0 Å². The molecule has 0 fully saturated rings. The molecule has 8 heteroatoms. The molecule has 0 unspecified atom stereocenters. The third-order valence-electron chi connectivity index (χ3n) is 1.01. The van der Waals surface area contributed by atoms with Crippen LogP contribution >= 0.6 is 7.75 Å². The van der Waals surface area contributed by atoms with Crippen LogP contribution in [0.15, 0.2) is 0 Å². The molecule has 0 rings (SSSR count). The Morgan fingerprint density at radius 1 is 1.23 bits per heavy atom. The van der Waals surface area contributed by atoms with Crippen LogP contribution in [0, 0.1) is 0 Å². The molecular weight excluding hydrogens is 199 g/mol. The normalized spacial score (nSPS) is 10.7. The molecule has 0 aliphatic rings. The summed E-state index contributed by atoms with van der Waals surface area (Å²) in [5, 5.41) is 3.71. The first-order valence-electron chi connectivity index (χ1n) is 3.25. The van der Waals surface area contributed by atoms with Gasteiger partial charge in [0.15, 0.2) is 0 Å². The summed E-state index contributed by atoms with van der Waals surface area (Å²) in [5.41, 5.74) is 0. The third kappa shape index (κ3) is 4.62. The average Bonchev–Trinajstić information content (AvgIpc) is 2.02. The molecule has 2 N–H and O–H groups in total. The lowest BCUT2D eigenvalue weighted by molar-refractivity contribution is -0.117. The SMILES string of the molecule is COP(=O)(NC(=O)NC(C)=O)OC. The molecule has 7 nitrogen and oxygen atoms in total. The number of carbonyl (C=O) groups is 2. The van der Waals surface area contributed by atoms with Gasteiger partial charge in [0.1, 0.15) is 0 Å². The average molecular weight is 210 g/mol. The van der Waals surface area contributed by atoms with Crippen molar-refractivity contribution in [3.05, 3.63) is 0 Å². The first-order chi connectivity index (χ1) is 5.93. The van der Waals surface area contributed by atoms with E-state index in [1.54, 1.807) is 0 Å². The summed E-state index contributed by atoms with van der Waals surface area (Å²) in [6.07, 6.45) is 0. The predicted molar refractivity (Wildman–Crippen MR) is 44.0 cm³/mol. The van der Waals surface area contributed by atoms with Crippen LogP contribution in [0.3, 0.4) is 0 Å². The van der Waals surface area contributed by atoms with Gasteiger partial charge in [-0.3, -0.25) is 19.2 Å². The summed E-state index contributed by atoms with van der Waals surface area (Å²) in [7, 11) is -1.39. The topological polar surface area (TPSA) is 93.7 Å². The molecule has 0 bridgehead atoms. The molecule has 0 saturated heterocycles. The van der Waals surface area contributed by atoms with Gasteiger partial charge in [0, 0.05) is 21.1 Å². The molecule has 0 saturated carbocycles. The molecule has 0 aliphatic heterocycles. The summed E-state index contributed by atoms with van der Waals surface area (Å²) in [6.45, 7) is 1.14. The van der Waals surface area contributed by atoms with Crippen LogP contribution in [0.2, 0.25) is 0 Å². The van der Waals surface area contributed by atoms with Gasteiger partial charge in [0.25, 0.3) is 0 Å². The standard InChI is InChI=1S/C5H11N2O5P/c1-4(8)6-5(9)7-13(10,11-2)12-3/h1-3H3,(H2,6,7,8,9,10). The van der Waals surface area contributed by atoms with Crippen molar-refractivity contribution in [2.75, 3.05) is 14.2 Å². The zero-order valence-corrected chi connectivity index (χ0v) is 8.38. The predicted octanol–water partition coefficient (Wildman–Crippen LogP) is 0.233. The molecule has 3 amide bonds. The second-order valence-corrected chi connectivity index (χ2v) is 3.93. The van der Waals surface area contributed by atoms with Crippen LogP contribution in [0.5, 0.6) is 0 Å². The van der Waals surface area contributed by atoms with E-state index in [1.165, 1.54) is 0 Å². The highest BCUT2D eigenvalue weighted by atomic mass is 31.2. The highest BCUT2D eigenvalue weighted by Crippen LogP contribution is 2.40. The minimum Gasteiger partial charge on any atom is -0.296 e. The second-order valence-electron chi connectivity index (χ2n) is 1.98. The van der Waals surface area contributed by atoms with E-state index >= 15 is 0 Å². The molecule has 0 aromatic rings. The lowest BCUT2D eigenvalue weighted by Gasteiger charge is -2.13. The van der Waals surface area contributed by atoms with Gasteiger partial charge in [-0.2, -0.15) is 0 Å². The first-order valence-corrected chi connectivity index (χ1v) is 4.79. The molecular formula is C5H11N2O5P. The van der Waals surface area contributed by atoms with Crippen LogP contribution in [0.25, 0.3) is 0 Å². The Hall–Kier alpha value is -0.910. The van der Waals surface area contributed by atoms with Crippen molar-refractivity contribution in [3.63, 3.8) is 0 Å². The number of hydrogen-bond acceptors (Lipinski definition) is 5. The number of rotatable bonds is 3. The fraction of sp³-hybridized carbons (Fsp3) is 0.600. The summed E-state index contributed by atoms with van der Waals surface area (Å²) in [5.74, 6) is -0.573. The molecule has 0 aromatic carbocycles. The van der Waals surface area contributed by atoms with Gasteiger partial charge in [0.05, 0.1) is 0 Å². The Kier molecular flexibility index (Phi) is 4.61. The molecule has 0 spiro atoms. The van der Waals surface area contributed by atoms with E-state index in [9.17, 15) is 14.2 Å². The number of urea groups is 1. The van der Waals surface area contributed by atoms with Crippen molar-refractivity contribution in [1.82, 2.24) is 10.4 Å². The maximum Gasteiger partial charge on any atom is 0.435 e. The lowest BCUT2D eigenvalue weighted by atomic mass is 10.7. The van der Waals surface area contributed by atoms with E-state index in [4.69, 9.17) is 0 Å². The maximum absolute atomic E-state index is 11.2. The number of hydrogen-bond donors (Lipinski definition) is 2. The summed E-state index contributed by atoms with van der Waals surface area (Å²) in [4.78, 5) is 21.2. The summed E-state index contributed by atoms with van der Waals surface area (Å²) in [6, 6.07) is -0.931. The Balaban J connectivity index is 4.18. The third-order valence-corrected chi connectivity index (χ3v) is 2.45. The highest BCUT2D eigenvalue weighted by molar-refractivity contribution is 7.52. The number of imide groups is 1. The molecule has 0 aliphatic carbocycles. The minimum absolute atomic E-state index is 0.573. The monoisotopic (exact) mass is 210 g/mol. The lowest BCUT2D eigenvalue weighted by Crippen LogP contribution is -2.36. The van der Waals surface area contributed by atoms with Crippen molar-refractivity contribution >= 4 is 19.7 Å². The summed E-state index contributed by atoms with van der Waals surface area (Å²) >= 11 is 0. The van der Waals surface area contributed by atoms with Gasteiger partial charge in [-0.15, -0.1) is 0 Å². The second kappa shape index (κ2) is 4.96. The van der Waals surface area contributed by atoms with Crippen molar-refractivity contribution in [2.24, 2.45) is 0 Å². The Morgan fingerprint density at radius 3 is 2.00 bits per heavy atom. The molecule has 13 heavy (non-hydrogen) atoms. The van der Waals surface area contributed by atoms with E-state index in [-0.39, 0.29) is 0 Å². The van der Waals surface area contributed by atoms with Gasteiger partial charge in [-0.1, -0.05) is 0 Å². The van der Waals surface area contributed by atoms with Crippen molar-refractivity contribution < 1.29 is 23.2 Å². The quantitative estimate of drug-likeness (QED) is 0.650. The molecule has 76 valence electrons. The largest absolute Gasteiger partial charge is 0.435 e. The van der Waals surface area contributed by atoms with Gasteiger partial charge in [-0.25, -0.2) is 14.4 Å². The van der Waals surface area contributed by atoms with Crippen LogP contribution < -0.4 is 10.4 Å². The molecule has 0 radical (unpaired) electrons. The number of carbonyl (C=O) groups excluding carboxylic acids is 2. The van der Waals surface area contributed by atoms with Crippen LogP contribution in [-0.2, 0) is 18.4 Å². The Labute approximate surface area is 75.4 Å². The minimum atomic E-state index is -3.61. The van der Waals surface area contributed by atoms with Gasteiger partial charge in [0.2, 0.25) is 5.91 Å². The van der Waals surface area contributed by atoms with E-state index < -0.39 is 19.7 Å². The Bertz CT molecular complexity index is 245. The fourth-order valence-corrected chi connectivity index (χ4v) is 1.11. The highest BCUT2D eigenvalue weighted by Gasteiger charge is 2.24. The fourth-order valence-electron chi connectivity index (χ4n) is 0.478. The van der Waals surface area contributed by atoms with Crippen LogP contribution in [0.4, 0.5) is 4.79 Å².